The van der Waals surface area contributed by atoms with Crippen LogP contribution in [-0.4, -0.2) is 19.6 Å². The Morgan fingerprint density at radius 3 is 2.95 bits per heavy atom. The van der Waals surface area contributed by atoms with Crippen LogP contribution in [0.5, 0.6) is 0 Å². The van der Waals surface area contributed by atoms with Crippen LogP contribution < -0.4 is 5.56 Å². The summed E-state index contributed by atoms with van der Waals surface area (Å²) < 4.78 is 1.23. The number of nitrogens with one attached hydrogen (secondary N) is 1. The zero-order chi connectivity index (χ0) is 14.1. The van der Waals surface area contributed by atoms with E-state index >= 15 is 0 Å². The predicted molar refractivity (Wildman–Crippen MR) is 73.1 cm³/mol. The van der Waals surface area contributed by atoms with Crippen molar-refractivity contribution < 1.29 is 0 Å². The second-order valence-electron chi connectivity index (χ2n) is 4.28. The van der Waals surface area contributed by atoms with Gasteiger partial charge >= 0.3 is 0 Å². The molecule has 0 atom stereocenters. The number of pyridine rings is 1. The number of nitriles is 1. The van der Waals surface area contributed by atoms with Crippen LogP contribution in [0.2, 0.25) is 0 Å². The fourth-order valence-corrected chi connectivity index (χ4v) is 2.19. The first-order valence-corrected chi connectivity index (χ1v) is 6.20. The number of hydrogen-bond donors (Lipinski definition) is 1. The van der Waals surface area contributed by atoms with E-state index < -0.39 is 0 Å². The van der Waals surface area contributed by atoms with Crippen molar-refractivity contribution in [3.63, 3.8) is 0 Å². The van der Waals surface area contributed by atoms with Gasteiger partial charge in [-0.3, -0.25) is 9.78 Å². The molecule has 0 aliphatic carbocycles. The summed E-state index contributed by atoms with van der Waals surface area (Å²) >= 11 is 0. The molecule has 3 aromatic heterocycles. The van der Waals surface area contributed by atoms with Gasteiger partial charge in [-0.05, 0) is 18.6 Å². The van der Waals surface area contributed by atoms with Crippen LogP contribution in [0.25, 0.3) is 17.0 Å². The monoisotopic (exact) mass is 265 g/mol. The Balaban J connectivity index is 2.42. The van der Waals surface area contributed by atoms with Gasteiger partial charge in [0, 0.05) is 11.8 Å². The maximum atomic E-state index is 12.4. The molecule has 0 bridgehead atoms. The molecule has 0 aliphatic heterocycles. The van der Waals surface area contributed by atoms with Gasteiger partial charge in [0.1, 0.15) is 11.6 Å². The Morgan fingerprint density at radius 1 is 1.45 bits per heavy atom. The number of H-pyrrole nitrogens is 1. The Bertz CT molecular complexity index is 870. The summed E-state index contributed by atoms with van der Waals surface area (Å²) in [5.74, 6) is 0. The average Bonchev–Trinajstić information content (AvgIpc) is 2.91. The first kappa shape index (κ1) is 12.1. The lowest BCUT2D eigenvalue weighted by Crippen LogP contribution is -2.21. The molecule has 98 valence electrons. The van der Waals surface area contributed by atoms with E-state index in [9.17, 15) is 4.79 Å². The molecule has 0 aliphatic rings. The third-order valence-corrected chi connectivity index (χ3v) is 3.16. The number of nitrogens with zero attached hydrogens (tertiary/aromatic N) is 4. The summed E-state index contributed by atoms with van der Waals surface area (Å²) in [6.45, 7) is 1.90. The predicted octanol–water partition coefficient (Wildman–Crippen LogP) is 1.52. The molecule has 0 saturated heterocycles. The van der Waals surface area contributed by atoms with Gasteiger partial charge in [0.2, 0.25) is 0 Å². The van der Waals surface area contributed by atoms with Gasteiger partial charge in [-0.15, -0.1) is 0 Å². The van der Waals surface area contributed by atoms with Gasteiger partial charge in [0.15, 0.2) is 5.65 Å². The fourth-order valence-electron chi connectivity index (χ4n) is 2.19. The number of rotatable bonds is 2. The molecule has 0 fully saturated rings. The molecule has 0 aromatic carbocycles. The van der Waals surface area contributed by atoms with Crippen LogP contribution in [-0.2, 0) is 6.42 Å². The Hall–Kier alpha value is -2.94. The topological polar surface area (TPSA) is 86.8 Å². The molecule has 0 saturated carbocycles. The van der Waals surface area contributed by atoms with Gasteiger partial charge in [0.05, 0.1) is 17.6 Å². The van der Waals surface area contributed by atoms with Crippen LogP contribution in [0.3, 0.4) is 0 Å². The number of aromatic nitrogens is 4. The zero-order valence-corrected chi connectivity index (χ0v) is 10.8. The van der Waals surface area contributed by atoms with Gasteiger partial charge < -0.3 is 4.98 Å². The van der Waals surface area contributed by atoms with E-state index in [0.717, 1.165) is 0 Å². The largest absolute Gasteiger partial charge is 0.337 e. The van der Waals surface area contributed by atoms with Crippen LogP contribution in [0.1, 0.15) is 18.1 Å². The van der Waals surface area contributed by atoms with Crippen molar-refractivity contribution in [3.8, 4) is 17.5 Å². The quantitative estimate of drug-likeness (QED) is 0.761. The SMILES string of the molecule is CCc1c(-c2ccccn2)[nH]c2c(C#N)cnn2c1=O. The lowest BCUT2D eigenvalue weighted by atomic mass is 10.1. The molecule has 6 nitrogen and oxygen atoms in total. The van der Waals surface area contributed by atoms with Crippen LogP contribution in [0.15, 0.2) is 35.4 Å². The maximum absolute atomic E-state index is 12.4. The molecule has 0 radical (unpaired) electrons. The molecule has 0 unspecified atom stereocenters. The molecule has 3 rings (SSSR count). The number of hydrogen-bond acceptors (Lipinski definition) is 4. The fraction of sp³-hybridized carbons (Fsp3) is 0.143. The van der Waals surface area contributed by atoms with Crippen molar-refractivity contribution in [2.24, 2.45) is 0 Å². The summed E-state index contributed by atoms with van der Waals surface area (Å²) in [5.41, 5.74) is 2.43. The Kier molecular flexibility index (Phi) is 2.80. The van der Waals surface area contributed by atoms with E-state index in [4.69, 9.17) is 5.26 Å². The summed E-state index contributed by atoms with van der Waals surface area (Å²) in [5, 5.41) is 13.0. The summed E-state index contributed by atoms with van der Waals surface area (Å²) in [6.07, 6.45) is 3.60. The Morgan fingerprint density at radius 2 is 2.30 bits per heavy atom. The summed E-state index contributed by atoms with van der Waals surface area (Å²) in [4.78, 5) is 19.8. The minimum Gasteiger partial charge on any atom is -0.337 e. The van der Waals surface area contributed by atoms with Crippen molar-refractivity contribution >= 4 is 5.65 Å². The van der Waals surface area contributed by atoms with E-state index in [-0.39, 0.29) is 5.56 Å². The molecule has 0 spiro atoms. The van der Waals surface area contributed by atoms with E-state index in [2.05, 4.69) is 15.1 Å². The first-order valence-electron chi connectivity index (χ1n) is 6.20. The molecule has 1 N–H and O–H groups in total. The minimum atomic E-state index is -0.219. The van der Waals surface area contributed by atoms with E-state index in [1.165, 1.54) is 10.7 Å². The minimum absolute atomic E-state index is 0.219. The third-order valence-electron chi connectivity index (χ3n) is 3.16. The summed E-state index contributed by atoms with van der Waals surface area (Å²) in [6, 6.07) is 7.51. The highest BCUT2D eigenvalue weighted by molar-refractivity contribution is 5.64. The van der Waals surface area contributed by atoms with Gasteiger partial charge in [0.25, 0.3) is 5.56 Å². The van der Waals surface area contributed by atoms with Gasteiger partial charge in [-0.2, -0.15) is 14.9 Å². The highest BCUT2D eigenvalue weighted by Gasteiger charge is 2.15. The lowest BCUT2D eigenvalue weighted by Gasteiger charge is -2.07. The molecule has 20 heavy (non-hydrogen) atoms. The standard InChI is InChI=1S/C14H11N5O/c1-2-10-12(11-5-3-4-6-16-11)18-13-9(7-15)8-17-19(13)14(10)20/h3-6,8,18H,2H2,1H3. The maximum Gasteiger partial charge on any atom is 0.278 e. The number of aromatic amines is 1. The third kappa shape index (κ3) is 1.68. The molecule has 0 amide bonds. The lowest BCUT2D eigenvalue weighted by molar-refractivity contribution is 0.869. The summed E-state index contributed by atoms with van der Waals surface area (Å²) in [7, 11) is 0. The van der Waals surface area contributed by atoms with Gasteiger partial charge in [-0.25, -0.2) is 0 Å². The van der Waals surface area contributed by atoms with Crippen molar-refractivity contribution in [2.45, 2.75) is 13.3 Å². The van der Waals surface area contributed by atoms with E-state index in [1.54, 1.807) is 6.20 Å². The van der Waals surface area contributed by atoms with Crippen molar-refractivity contribution in [2.75, 3.05) is 0 Å². The molecular weight excluding hydrogens is 254 g/mol. The van der Waals surface area contributed by atoms with Crippen LogP contribution in [0, 0.1) is 11.3 Å². The van der Waals surface area contributed by atoms with Crippen LogP contribution in [0.4, 0.5) is 0 Å². The van der Waals surface area contributed by atoms with Crippen LogP contribution >= 0.6 is 0 Å². The molecular formula is C14H11N5O. The molecule has 3 heterocycles. The van der Waals surface area contributed by atoms with Crippen molar-refractivity contribution in [1.82, 2.24) is 19.6 Å². The smallest absolute Gasteiger partial charge is 0.278 e. The van der Waals surface area contributed by atoms with Crippen molar-refractivity contribution in [3.05, 3.63) is 52.1 Å². The average molecular weight is 265 g/mol. The Labute approximate surface area is 114 Å². The molecule has 3 aromatic rings. The molecule has 6 heteroatoms. The van der Waals surface area contributed by atoms with E-state index in [0.29, 0.717) is 34.6 Å². The second kappa shape index (κ2) is 4.63. The highest BCUT2D eigenvalue weighted by Crippen LogP contribution is 2.19. The highest BCUT2D eigenvalue weighted by atomic mass is 16.1. The first-order chi connectivity index (χ1) is 9.76. The van der Waals surface area contributed by atoms with E-state index in [1.807, 2.05) is 31.2 Å². The van der Waals surface area contributed by atoms with Gasteiger partial charge in [-0.1, -0.05) is 13.0 Å². The number of fused-ring (bicyclic) bond motifs is 1. The second-order valence-corrected chi connectivity index (χ2v) is 4.28. The normalized spacial score (nSPS) is 10.6. The van der Waals surface area contributed by atoms with Crippen molar-refractivity contribution in [1.29, 1.82) is 5.26 Å². The zero-order valence-electron chi connectivity index (χ0n) is 10.8.